The summed E-state index contributed by atoms with van der Waals surface area (Å²) in [5.41, 5.74) is 7.20. The lowest BCUT2D eigenvalue weighted by molar-refractivity contribution is -0.135. The Kier molecular flexibility index (Phi) is 4.29. The minimum atomic E-state index is 0.200. The molecule has 4 atom stereocenters. The molecule has 3 nitrogen and oxygen atoms in total. The van der Waals surface area contributed by atoms with Gasteiger partial charge in [0.15, 0.2) is 0 Å². The number of hydrogen-bond acceptors (Lipinski definition) is 2. The maximum absolute atomic E-state index is 12.9. The normalized spacial score (nSPS) is 31.1. The average molecular weight is 286 g/mol. The Balaban J connectivity index is 1.67. The van der Waals surface area contributed by atoms with Crippen LogP contribution in [0.2, 0.25) is 0 Å². The molecule has 0 saturated heterocycles. The number of nitrogens with two attached hydrogens (primary N) is 1. The summed E-state index contributed by atoms with van der Waals surface area (Å²) in [5, 5.41) is 0. The molecule has 1 amide bonds. The van der Waals surface area contributed by atoms with E-state index in [1.165, 1.54) is 18.4 Å². The summed E-state index contributed by atoms with van der Waals surface area (Å²) in [7, 11) is 0. The fraction of sp³-hybridized carbons (Fsp3) is 0.611. The maximum atomic E-state index is 12.9. The van der Waals surface area contributed by atoms with Crippen LogP contribution in [0.4, 0.5) is 0 Å². The first kappa shape index (κ1) is 14.6. The van der Waals surface area contributed by atoms with Gasteiger partial charge in [0.1, 0.15) is 0 Å². The van der Waals surface area contributed by atoms with E-state index in [9.17, 15) is 4.79 Å². The van der Waals surface area contributed by atoms with E-state index >= 15 is 0 Å². The van der Waals surface area contributed by atoms with E-state index < -0.39 is 0 Å². The van der Waals surface area contributed by atoms with Crippen molar-refractivity contribution in [3.63, 3.8) is 0 Å². The summed E-state index contributed by atoms with van der Waals surface area (Å²) in [6, 6.07) is 10.8. The number of rotatable bonds is 5. The molecule has 0 heterocycles. The quantitative estimate of drug-likeness (QED) is 0.904. The number of benzene rings is 1. The van der Waals surface area contributed by atoms with Crippen LogP contribution in [-0.4, -0.2) is 29.9 Å². The van der Waals surface area contributed by atoms with Gasteiger partial charge in [-0.2, -0.15) is 0 Å². The Labute approximate surface area is 127 Å². The second-order valence-electron chi connectivity index (χ2n) is 6.48. The fourth-order valence-electron chi connectivity index (χ4n) is 4.01. The van der Waals surface area contributed by atoms with Crippen molar-refractivity contribution in [3.05, 3.63) is 35.9 Å². The largest absolute Gasteiger partial charge is 0.339 e. The predicted molar refractivity (Wildman–Crippen MR) is 84.9 cm³/mol. The molecule has 0 aromatic heterocycles. The van der Waals surface area contributed by atoms with Crippen molar-refractivity contribution in [2.75, 3.05) is 13.1 Å². The first-order valence-corrected chi connectivity index (χ1v) is 8.31. The molecule has 2 aliphatic carbocycles. The van der Waals surface area contributed by atoms with Crippen LogP contribution in [0.3, 0.4) is 0 Å². The molecule has 4 unspecified atom stereocenters. The summed E-state index contributed by atoms with van der Waals surface area (Å²) in [4.78, 5) is 15.0. The van der Waals surface area contributed by atoms with E-state index in [2.05, 4.69) is 36.1 Å². The van der Waals surface area contributed by atoms with Gasteiger partial charge in [-0.05, 0) is 50.1 Å². The molecule has 0 radical (unpaired) electrons. The minimum Gasteiger partial charge on any atom is -0.339 e. The lowest BCUT2D eigenvalue weighted by Gasteiger charge is -2.32. The van der Waals surface area contributed by atoms with Crippen LogP contribution in [0.15, 0.2) is 30.3 Å². The summed E-state index contributed by atoms with van der Waals surface area (Å²) in [6.07, 6.45) is 4.53. The maximum Gasteiger partial charge on any atom is 0.226 e. The Morgan fingerprint density at radius 3 is 2.71 bits per heavy atom. The summed E-state index contributed by atoms with van der Waals surface area (Å²) in [6.45, 7) is 3.63. The van der Waals surface area contributed by atoms with E-state index in [1.54, 1.807) is 0 Å². The number of nitrogens with zero attached hydrogens (tertiary/aromatic N) is 1. The van der Waals surface area contributed by atoms with Crippen molar-refractivity contribution in [2.24, 2.45) is 17.6 Å². The monoisotopic (exact) mass is 286 g/mol. The van der Waals surface area contributed by atoms with Crippen molar-refractivity contribution >= 4 is 5.91 Å². The average Bonchev–Trinajstić information content (AvgIpc) is 3.20. The van der Waals surface area contributed by atoms with E-state index in [0.717, 1.165) is 19.4 Å². The zero-order valence-corrected chi connectivity index (χ0v) is 12.9. The fourth-order valence-corrected chi connectivity index (χ4v) is 4.01. The minimum absolute atomic E-state index is 0.200. The summed E-state index contributed by atoms with van der Waals surface area (Å²) < 4.78 is 0. The third-order valence-electron chi connectivity index (χ3n) is 5.28. The third kappa shape index (κ3) is 2.84. The van der Waals surface area contributed by atoms with E-state index in [4.69, 9.17) is 5.73 Å². The standard InChI is InChI=1S/C18H26N2O/c1-2-20(17-10-6-9-14(17)12-19)18(21)16-11-15(16)13-7-4-3-5-8-13/h3-5,7-8,14-17H,2,6,9-12,19H2,1H3. The van der Waals surface area contributed by atoms with Gasteiger partial charge in [-0.1, -0.05) is 36.8 Å². The molecular formula is C18H26N2O. The van der Waals surface area contributed by atoms with Gasteiger partial charge in [-0.25, -0.2) is 0 Å². The highest BCUT2D eigenvalue weighted by molar-refractivity contribution is 5.83. The molecule has 2 fully saturated rings. The number of amides is 1. The van der Waals surface area contributed by atoms with E-state index in [0.29, 0.717) is 30.3 Å². The Morgan fingerprint density at radius 2 is 2.05 bits per heavy atom. The second kappa shape index (κ2) is 6.18. The van der Waals surface area contributed by atoms with Crippen LogP contribution < -0.4 is 5.73 Å². The van der Waals surface area contributed by atoms with E-state index in [-0.39, 0.29) is 5.92 Å². The van der Waals surface area contributed by atoms with Gasteiger partial charge in [-0.3, -0.25) is 4.79 Å². The summed E-state index contributed by atoms with van der Waals surface area (Å²) >= 11 is 0. The first-order valence-electron chi connectivity index (χ1n) is 8.31. The molecule has 2 N–H and O–H groups in total. The highest BCUT2D eigenvalue weighted by atomic mass is 16.2. The molecule has 0 bridgehead atoms. The SMILES string of the molecule is CCN(C(=O)C1CC1c1ccccc1)C1CCCC1CN. The topological polar surface area (TPSA) is 46.3 Å². The van der Waals surface area contributed by atoms with Crippen LogP contribution in [-0.2, 0) is 4.79 Å². The van der Waals surface area contributed by atoms with Gasteiger partial charge in [-0.15, -0.1) is 0 Å². The molecule has 1 aromatic carbocycles. The molecule has 3 rings (SSSR count). The third-order valence-corrected chi connectivity index (χ3v) is 5.28. The van der Waals surface area contributed by atoms with Crippen LogP contribution in [0.1, 0.15) is 44.1 Å². The lowest BCUT2D eigenvalue weighted by Crippen LogP contribution is -2.45. The van der Waals surface area contributed by atoms with Crippen molar-refractivity contribution in [1.29, 1.82) is 0 Å². The van der Waals surface area contributed by atoms with Gasteiger partial charge < -0.3 is 10.6 Å². The molecule has 2 aliphatic rings. The molecule has 21 heavy (non-hydrogen) atoms. The van der Waals surface area contributed by atoms with Gasteiger partial charge in [0.25, 0.3) is 0 Å². The molecule has 0 aliphatic heterocycles. The highest BCUT2D eigenvalue weighted by Gasteiger charge is 2.47. The van der Waals surface area contributed by atoms with Crippen LogP contribution in [0, 0.1) is 11.8 Å². The summed E-state index contributed by atoms with van der Waals surface area (Å²) in [5.74, 6) is 1.50. The van der Waals surface area contributed by atoms with Crippen molar-refractivity contribution in [3.8, 4) is 0 Å². The Morgan fingerprint density at radius 1 is 1.29 bits per heavy atom. The van der Waals surface area contributed by atoms with Crippen molar-refractivity contribution < 1.29 is 4.79 Å². The Hall–Kier alpha value is -1.35. The smallest absolute Gasteiger partial charge is 0.226 e. The van der Waals surface area contributed by atoms with Gasteiger partial charge in [0.05, 0.1) is 0 Å². The zero-order chi connectivity index (χ0) is 14.8. The number of carbonyl (C=O) groups excluding carboxylic acids is 1. The first-order chi connectivity index (χ1) is 10.3. The van der Waals surface area contributed by atoms with Crippen LogP contribution in [0.25, 0.3) is 0 Å². The molecule has 0 spiro atoms. The second-order valence-corrected chi connectivity index (χ2v) is 6.48. The van der Waals surface area contributed by atoms with Crippen LogP contribution in [0.5, 0.6) is 0 Å². The molecule has 1 aromatic rings. The molecule has 114 valence electrons. The number of carbonyl (C=O) groups is 1. The molecular weight excluding hydrogens is 260 g/mol. The number of hydrogen-bond donors (Lipinski definition) is 1. The van der Waals surface area contributed by atoms with Gasteiger partial charge >= 0.3 is 0 Å². The van der Waals surface area contributed by atoms with Crippen molar-refractivity contribution in [2.45, 2.75) is 44.6 Å². The zero-order valence-electron chi connectivity index (χ0n) is 12.9. The predicted octanol–water partition coefficient (Wildman–Crippen LogP) is 2.77. The molecule has 2 saturated carbocycles. The molecule has 3 heteroatoms. The Bertz CT molecular complexity index is 487. The van der Waals surface area contributed by atoms with Crippen molar-refractivity contribution in [1.82, 2.24) is 4.90 Å². The lowest BCUT2D eigenvalue weighted by atomic mass is 10.0. The van der Waals surface area contributed by atoms with Gasteiger partial charge in [0, 0.05) is 18.5 Å². The van der Waals surface area contributed by atoms with Crippen LogP contribution >= 0.6 is 0 Å². The van der Waals surface area contributed by atoms with Gasteiger partial charge in [0.2, 0.25) is 5.91 Å². The van der Waals surface area contributed by atoms with E-state index in [1.807, 2.05) is 6.07 Å². The highest BCUT2D eigenvalue weighted by Crippen LogP contribution is 2.49.